The molecule has 3 aliphatic rings. The molecule has 1 saturated carbocycles. The van der Waals surface area contributed by atoms with Crippen molar-refractivity contribution in [2.45, 2.75) is 76.8 Å². The molecule has 298 valence electrons. The molecule has 3 atom stereocenters. The molecule has 56 heavy (non-hydrogen) atoms. The maximum absolute atomic E-state index is 15.0. The van der Waals surface area contributed by atoms with Crippen LogP contribution in [0.15, 0.2) is 60.2 Å². The van der Waals surface area contributed by atoms with Crippen LogP contribution in [0.3, 0.4) is 0 Å². The van der Waals surface area contributed by atoms with Gasteiger partial charge in [0.05, 0.1) is 25.3 Å². The molecule has 3 aromatic carbocycles. The molecular weight excluding hydrogens is 742 g/mol. The highest BCUT2D eigenvalue weighted by Crippen LogP contribution is 2.40. The van der Waals surface area contributed by atoms with Crippen molar-refractivity contribution in [2.75, 3.05) is 40.5 Å². The number of amides is 1. The molecule has 2 heterocycles. The third kappa shape index (κ3) is 8.64. The molecule has 2 aliphatic heterocycles. The van der Waals surface area contributed by atoms with Gasteiger partial charge in [0.15, 0.2) is 0 Å². The summed E-state index contributed by atoms with van der Waals surface area (Å²) in [5.41, 5.74) is 3.12. The molecule has 14 heteroatoms. The van der Waals surface area contributed by atoms with E-state index in [1.165, 1.54) is 0 Å². The van der Waals surface area contributed by atoms with Crippen LogP contribution < -0.4 is 24.3 Å². The molecular formula is C42H48ClN3O10. The number of carboxylic acids is 1. The van der Waals surface area contributed by atoms with E-state index in [2.05, 4.69) is 5.32 Å². The third-order valence-corrected chi connectivity index (χ3v) is 11.1. The van der Waals surface area contributed by atoms with Crippen LogP contribution in [0.1, 0.15) is 54.9 Å². The highest BCUT2D eigenvalue weighted by molar-refractivity contribution is 6.36. The summed E-state index contributed by atoms with van der Waals surface area (Å²) in [4.78, 5) is 55.4. The Balaban J connectivity index is 1.31. The fraction of sp³-hybridized carbons (Fsp3) is 0.429. The minimum Gasteiger partial charge on any atom is -0.497 e. The van der Waals surface area contributed by atoms with E-state index < -0.39 is 23.5 Å². The number of ketones is 1. The molecule has 1 amide bonds. The van der Waals surface area contributed by atoms with Crippen molar-refractivity contribution in [3.05, 3.63) is 87.4 Å². The molecule has 13 nitrogen and oxygen atoms in total. The molecule has 2 N–H and O–H groups in total. The number of fused-ring (bicyclic) bond motifs is 2. The van der Waals surface area contributed by atoms with Crippen LogP contribution in [-0.4, -0.2) is 103 Å². The van der Waals surface area contributed by atoms with Gasteiger partial charge in [-0.25, -0.2) is 4.79 Å². The number of ether oxygens (including phenoxy) is 5. The standard InChI is InChI=1S/C42H48ClN3O10/c1-6-42(56-24-47,39(48)41(50)51)45-22-29-19-34(28-7-11-31(12-8-28)54-13-14-55-37-16-26(3)25(2)15-35(37)43)38(36(23-45)44-29)40(49)46(30-9-10-30)21-27-17-32(52-4)20-33(18-27)53-5/h7-8,11-12,15-18,20,24,29-30,36,44H,6,9-10,13-14,19,21-23H2,1-5H3,(H,50,51)/t29-,36-,42+/m1/s1. The van der Waals surface area contributed by atoms with Crippen LogP contribution in [-0.2, 0) is 30.5 Å². The highest BCUT2D eigenvalue weighted by Gasteiger charge is 2.53. The predicted octanol–water partition coefficient (Wildman–Crippen LogP) is 5.36. The molecule has 1 aliphatic carbocycles. The second-order valence-corrected chi connectivity index (χ2v) is 14.8. The summed E-state index contributed by atoms with van der Waals surface area (Å²) in [5, 5.41) is 13.9. The first-order valence-electron chi connectivity index (χ1n) is 18.7. The minimum absolute atomic E-state index is 0.00396. The Morgan fingerprint density at radius 3 is 2.21 bits per heavy atom. The van der Waals surface area contributed by atoms with E-state index in [0.717, 1.165) is 40.7 Å². The fourth-order valence-corrected chi connectivity index (χ4v) is 7.91. The number of aliphatic carboxylic acids is 1. The van der Waals surface area contributed by atoms with Crippen molar-refractivity contribution in [1.82, 2.24) is 15.1 Å². The van der Waals surface area contributed by atoms with Crippen molar-refractivity contribution in [3.8, 4) is 23.0 Å². The number of carbonyl (C=O) groups excluding carboxylic acids is 3. The van der Waals surface area contributed by atoms with E-state index in [0.29, 0.717) is 46.6 Å². The van der Waals surface area contributed by atoms with Crippen molar-refractivity contribution >= 4 is 41.3 Å². The normalized spacial score (nSPS) is 19.0. The van der Waals surface area contributed by atoms with Crippen LogP contribution in [0.5, 0.6) is 23.0 Å². The first kappa shape index (κ1) is 40.6. The first-order valence-corrected chi connectivity index (χ1v) is 19.1. The van der Waals surface area contributed by atoms with Gasteiger partial charge in [-0.3, -0.25) is 19.3 Å². The van der Waals surface area contributed by atoms with Crippen molar-refractivity contribution in [2.24, 2.45) is 0 Å². The zero-order valence-electron chi connectivity index (χ0n) is 32.3. The van der Waals surface area contributed by atoms with E-state index in [1.54, 1.807) is 32.1 Å². The van der Waals surface area contributed by atoms with Gasteiger partial charge in [-0.1, -0.05) is 30.7 Å². The van der Waals surface area contributed by atoms with Gasteiger partial charge in [-0.05, 0) is 97.3 Å². The topological polar surface area (TPSA) is 153 Å². The lowest BCUT2D eigenvalue weighted by atomic mass is 9.81. The van der Waals surface area contributed by atoms with Gasteiger partial charge in [0.2, 0.25) is 5.72 Å². The number of Topliss-reactive ketones (excluding diaryl/α,β-unsaturated/α-hetero) is 1. The number of nitrogens with one attached hydrogen (secondary N) is 1. The first-order chi connectivity index (χ1) is 26.9. The number of benzene rings is 3. The number of hydrogen-bond acceptors (Lipinski definition) is 11. The summed E-state index contributed by atoms with van der Waals surface area (Å²) in [6.45, 7) is 6.80. The Morgan fingerprint density at radius 1 is 0.946 bits per heavy atom. The number of carbonyl (C=O) groups is 4. The largest absolute Gasteiger partial charge is 0.497 e. The van der Waals surface area contributed by atoms with Crippen molar-refractivity contribution < 1.29 is 48.0 Å². The molecule has 0 unspecified atom stereocenters. The Hall–Kier alpha value is -5.11. The maximum Gasteiger partial charge on any atom is 0.378 e. The third-order valence-electron chi connectivity index (χ3n) is 10.8. The van der Waals surface area contributed by atoms with Crippen LogP contribution in [0.2, 0.25) is 5.02 Å². The fourth-order valence-electron chi connectivity index (χ4n) is 7.64. The van der Waals surface area contributed by atoms with E-state index in [4.69, 9.17) is 35.3 Å². The monoisotopic (exact) mass is 789 g/mol. The summed E-state index contributed by atoms with van der Waals surface area (Å²) < 4.78 is 28.2. The second-order valence-electron chi connectivity index (χ2n) is 14.4. The Kier molecular flexibility index (Phi) is 12.6. The van der Waals surface area contributed by atoms with Crippen molar-refractivity contribution in [3.63, 3.8) is 0 Å². The predicted molar refractivity (Wildman–Crippen MR) is 208 cm³/mol. The minimum atomic E-state index is -2.03. The lowest BCUT2D eigenvalue weighted by molar-refractivity contribution is -0.190. The van der Waals surface area contributed by atoms with Gasteiger partial charge >= 0.3 is 5.97 Å². The summed E-state index contributed by atoms with van der Waals surface area (Å²) in [6, 6.07) is 15.9. The number of piperazine rings is 1. The summed E-state index contributed by atoms with van der Waals surface area (Å²) >= 11 is 6.37. The van der Waals surface area contributed by atoms with Gasteiger partial charge in [0, 0.05) is 49.8 Å². The van der Waals surface area contributed by atoms with Crippen molar-refractivity contribution in [1.29, 1.82) is 0 Å². The van der Waals surface area contributed by atoms with Crippen LogP contribution >= 0.6 is 11.6 Å². The maximum atomic E-state index is 15.0. The molecule has 0 spiro atoms. The molecule has 3 aromatic rings. The number of methoxy groups -OCH3 is 2. The zero-order chi connectivity index (χ0) is 40.1. The SMILES string of the molecule is CC[C@](OC=O)(C(=O)C(=O)O)N1C[C@H]2CC(c3ccc(OCCOc4cc(C)c(C)cc4Cl)cc3)=C(C(=O)N(Cc3cc(OC)cc(OC)c3)C3CC3)[C@@H](C1)N2. The van der Waals surface area contributed by atoms with E-state index in [1.807, 2.05) is 67.3 Å². The zero-order valence-corrected chi connectivity index (χ0v) is 33.0. The van der Waals surface area contributed by atoms with Gasteiger partial charge < -0.3 is 39.0 Å². The van der Waals surface area contributed by atoms with E-state index >= 15 is 4.79 Å². The lowest BCUT2D eigenvalue weighted by Gasteiger charge is -2.49. The van der Waals surface area contributed by atoms with Gasteiger partial charge in [-0.2, -0.15) is 0 Å². The number of nitrogens with zero attached hydrogens (tertiary/aromatic N) is 2. The Bertz CT molecular complexity index is 1980. The molecule has 6 rings (SSSR count). The van der Waals surface area contributed by atoms with Crippen LogP contribution in [0.4, 0.5) is 0 Å². The molecule has 2 bridgehead atoms. The van der Waals surface area contributed by atoms with Crippen LogP contribution in [0, 0.1) is 13.8 Å². The number of halogens is 1. The number of aryl methyl sites for hydroxylation is 2. The average molecular weight is 790 g/mol. The number of rotatable bonds is 18. The highest BCUT2D eigenvalue weighted by atomic mass is 35.5. The van der Waals surface area contributed by atoms with Crippen LogP contribution in [0.25, 0.3) is 5.57 Å². The second kappa shape index (κ2) is 17.4. The molecule has 0 radical (unpaired) electrons. The lowest BCUT2D eigenvalue weighted by Crippen LogP contribution is -2.69. The molecule has 2 fully saturated rings. The Morgan fingerprint density at radius 2 is 1.61 bits per heavy atom. The summed E-state index contributed by atoms with van der Waals surface area (Å²) in [6.07, 6.45) is 1.97. The number of carboxylic acid groups (broad SMARTS) is 1. The quantitative estimate of drug-likeness (QED) is 0.0970. The molecule has 0 aromatic heterocycles. The summed E-state index contributed by atoms with van der Waals surface area (Å²) in [5.74, 6) is -0.716. The molecule has 1 saturated heterocycles. The van der Waals surface area contributed by atoms with Gasteiger partial charge in [-0.15, -0.1) is 0 Å². The van der Waals surface area contributed by atoms with E-state index in [9.17, 15) is 19.5 Å². The van der Waals surface area contributed by atoms with E-state index in [-0.39, 0.29) is 57.2 Å². The Labute approximate surface area is 331 Å². The van der Waals surface area contributed by atoms with Gasteiger partial charge in [0.25, 0.3) is 18.2 Å². The average Bonchev–Trinajstić information content (AvgIpc) is 4.04. The smallest absolute Gasteiger partial charge is 0.378 e. The van der Waals surface area contributed by atoms with Gasteiger partial charge in [0.1, 0.15) is 36.2 Å². The number of hydrogen-bond donors (Lipinski definition) is 2. The summed E-state index contributed by atoms with van der Waals surface area (Å²) in [7, 11) is 3.15.